The number of carbonyl (C=O) groups excluding carboxylic acids is 2. The Morgan fingerprint density at radius 3 is 1.37 bits per heavy atom. The molecule has 0 aromatic carbocycles. The molecule has 0 amide bonds. The first-order valence-corrected chi connectivity index (χ1v) is 4.84. The van der Waals surface area contributed by atoms with Gasteiger partial charge in [-0.05, 0) is 12.1 Å². The van der Waals surface area contributed by atoms with Crippen molar-refractivity contribution >= 4 is 11.9 Å². The Morgan fingerprint density at radius 2 is 1.21 bits per heavy atom. The van der Waals surface area contributed by atoms with E-state index in [0.717, 1.165) is 0 Å². The summed E-state index contributed by atoms with van der Waals surface area (Å²) < 4.78 is 0. The maximum absolute atomic E-state index is 10.0. The van der Waals surface area contributed by atoms with Crippen molar-refractivity contribution in [2.45, 2.75) is 0 Å². The minimum atomic E-state index is -1.19. The molecule has 2 aromatic rings. The van der Waals surface area contributed by atoms with Crippen LogP contribution in [0.2, 0.25) is 0 Å². The number of carboxylic acids is 2. The largest absolute Gasteiger partial charge is 2.00 e. The molecule has 0 saturated heterocycles. The van der Waals surface area contributed by atoms with Crippen molar-refractivity contribution in [1.82, 2.24) is 9.97 Å². The molecule has 0 unspecified atom stereocenters. The van der Waals surface area contributed by atoms with Crippen LogP contribution in [0, 0.1) is 0 Å². The monoisotopic (exact) mass is 346 g/mol. The molecule has 0 atom stereocenters. The number of carbonyl (C=O) groups is 2. The molecule has 2 aromatic heterocycles. The first-order chi connectivity index (χ1) is 8.61. The molecule has 0 aliphatic heterocycles. The van der Waals surface area contributed by atoms with Crippen LogP contribution < -0.4 is 10.2 Å². The van der Waals surface area contributed by atoms with Gasteiger partial charge in [-0.1, -0.05) is 12.1 Å². The molecule has 0 spiro atoms. The van der Waals surface area contributed by atoms with E-state index >= 15 is 0 Å². The molecule has 0 fully saturated rings. The van der Waals surface area contributed by atoms with E-state index in [1.807, 2.05) is 0 Å². The number of hydrogen-bond acceptors (Lipinski definition) is 6. The molecule has 0 aliphatic rings. The molecule has 6 nitrogen and oxygen atoms in total. The molecule has 0 N–H and O–H groups in total. The molecule has 0 saturated carbocycles. The van der Waals surface area contributed by atoms with E-state index in [4.69, 9.17) is 0 Å². The van der Waals surface area contributed by atoms with Gasteiger partial charge in [-0.2, -0.15) is 0 Å². The summed E-state index contributed by atoms with van der Waals surface area (Å²) in [5.41, 5.74) is 0.218. The number of aromatic carboxylic acids is 2. The van der Waals surface area contributed by atoms with E-state index in [0.29, 0.717) is 0 Å². The third kappa shape index (κ3) is 6.38. The van der Waals surface area contributed by atoms with Crippen molar-refractivity contribution in [3.05, 3.63) is 60.2 Å². The van der Waals surface area contributed by atoms with Gasteiger partial charge in [0.1, 0.15) is 0 Å². The zero-order valence-corrected chi connectivity index (χ0v) is 11.2. The minimum absolute atomic E-state index is 0. The normalized spacial score (nSPS) is 8.42. The molecular weight excluding hydrogens is 337 g/mol. The molecule has 19 heavy (non-hydrogen) atoms. The average molecular weight is 345 g/mol. The minimum Gasteiger partial charge on any atom is -0.545 e. The summed E-state index contributed by atoms with van der Waals surface area (Å²) >= 11 is 0. The Bertz CT molecular complexity index is 470. The van der Waals surface area contributed by atoms with Gasteiger partial charge in [0, 0.05) is 35.9 Å². The van der Waals surface area contributed by atoms with E-state index in [9.17, 15) is 19.8 Å². The van der Waals surface area contributed by atoms with Crippen molar-refractivity contribution < 1.29 is 39.3 Å². The van der Waals surface area contributed by atoms with Crippen molar-refractivity contribution in [3.8, 4) is 0 Å². The second-order valence-electron chi connectivity index (χ2n) is 3.06. The number of nitrogens with zero attached hydrogens (tertiary/aromatic N) is 2. The van der Waals surface area contributed by atoms with Crippen molar-refractivity contribution in [2.24, 2.45) is 0 Å². The summed E-state index contributed by atoms with van der Waals surface area (Å²) in [6, 6.07) is 5.96. The fourth-order valence-corrected chi connectivity index (χ4v) is 0.967. The summed E-state index contributed by atoms with van der Waals surface area (Å²) in [7, 11) is 0. The molecule has 2 rings (SSSR count). The molecule has 0 radical (unpaired) electrons. The average Bonchev–Trinajstić information content (AvgIpc) is 2.41. The first kappa shape index (κ1) is 16.9. The van der Waals surface area contributed by atoms with Gasteiger partial charge < -0.3 is 19.8 Å². The molecular formula is C12H8N2O4Ru. The third-order valence-corrected chi connectivity index (χ3v) is 1.79. The van der Waals surface area contributed by atoms with E-state index in [2.05, 4.69) is 9.97 Å². The molecule has 0 aliphatic carbocycles. The van der Waals surface area contributed by atoms with Crippen LogP contribution in [-0.2, 0) is 19.5 Å². The topological polar surface area (TPSA) is 106 Å². The van der Waals surface area contributed by atoms with Crippen LogP contribution in [0.3, 0.4) is 0 Å². The fraction of sp³-hybridized carbons (Fsp3) is 0. The number of carboxylic acid groups (broad SMARTS) is 2. The molecule has 2 heterocycles. The first-order valence-electron chi connectivity index (χ1n) is 4.84. The fourth-order valence-electron chi connectivity index (χ4n) is 0.967. The quantitative estimate of drug-likeness (QED) is 0.639. The van der Waals surface area contributed by atoms with Crippen LogP contribution in [0.15, 0.2) is 49.1 Å². The predicted octanol–water partition coefficient (Wildman–Crippen LogP) is -1.11. The Kier molecular flexibility index (Phi) is 7.88. The smallest absolute Gasteiger partial charge is 0.545 e. The van der Waals surface area contributed by atoms with Gasteiger partial charge in [0.25, 0.3) is 0 Å². The van der Waals surface area contributed by atoms with E-state index in [1.165, 1.54) is 36.9 Å². The van der Waals surface area contributed by atoms with E-state index in [-0.39, 0.29) is 30.6 Å². The number of hydrogen-bond donors (Lipinski definition) is 0. The van der Waals surface area contributed by atoms with Gasteiger partial charge in [-0.3, -0.25) is 9.97 Å². The number of pyridine rings is 2. The van der Waals surface area contributed by atoms with Crippen molar-refractivity contribution in [3.63, 3.8) is 0 Å². The van der Waals surface area contributed by atoms with Gasteiger partial charge in [-0.15, -0.1) is 0 Å². The van der Waals surface area contributed by atoms with Crippen LogP contribution in [0.5, 0.6) is 0 Å². The van der Waals surface area contributed by atoms with Gasteiger partial charge in [0.05, 0.1) is 11.9 Å². The van der Waals surface area contributed by atoms with Crippen LogP contribution in [0.25, 0.3) is 0 Å². The SMILES string of the molecule is O=C([O-])c1cccnc1.O=C([O-])c1cccnc1.[Ru+2]. The van der Waals surface area contributed by atoms with Gasteiger partial charge in [0.15, 0.2) is 0 Å². The van der Waals surface area contributed by atoms with Crippen LogP contribution in [0.1, 0.15) is 20.7 Å². The van der Waals surface area contributed by atoms with Crippen LogP contribution in [-0.4, -0.2) is 21.9 Å². The second kappa shape index (κ2) is 8.88. The molecule has 7 heteroatoms. The van der Waals surface area contributed by atoms with E-state index < -0.39 is 11.9 Å². The molecule has 0 bridgehead atoms. The van der Waals surface area contributed by atoms with Gasteiger partial charge >= 0.3 is 19.5 Å². The number of aromatic nitrogens is 2. The Balaban J connectivity index is 0.000000324. The van der Waals surface area contributed by atoms with E-state index in [1.54, 1.807) is 12.1 Å². The van der Waals surface area contributed by atoms with Crippen LogP contribution in [0.4, 0.5) is 0 Å². The van der Waals surface area contributed by atoms with Crippen molar-refractivity contribution in [2.75, 3.05) is 0 Å². The maximum Gasteiger partial charge on any atom is 2.00 e. The summed E-state index contributed by atoms with van der Waals surface area (Å²) in [5.74, 6) is -2.38. The Morgan fingerprint density at radius 1 is 0.842 bits per heavy atom. The Labute approximate surface area is 121 Å². The summed E-state index contributed by atoms with van der Waals surface area (Å²) in [4.78, 5) is 27.3. The maximum atomic E-state index is 10.0. The number of rotatable bonds is 2. The van der Waals surface area contributed by atoms with Gasteiger partial charge in [0.2, 0.25) is 0 Å². The molecule has 98 valence electrons. The second-order valence-corrected chi connectivity index (χ2v) is 3.06. The van der Waals surface area contributed by atoms with Crippen molar-refractivity contribution in [1.29, 1.82) is 0 Å². The standard InChI is InChI=1S/2C6H5NO2.Ru/c2*8-6(9)5-2-1-3-7-4-5;/h2*1-4H,(H,8,9);/q;;+2/p-2. The summed E-state index contributed by atoms with van der Waals surface area (Å²) in [6.07, 6.45) is 5.50. The van der Waals surface area contributed by atoms with Gasteiger partial charge in [-0.25, -0.2) is 0 Å². The van der Waals surface area contributed by atoms with Crippen LogP contribution >= 0.6 is 0 Å². The zero-order valence-electron chi connectivity index (χ0n) is 9.50. The Hall–Kier alpha value is -2.14. The third-order valence-electron chi connectivity index (χ3n) is 1.79. The zero-order chi connectivity index (χ0) is 13.4. The predicted molar refractivity (Wildman–Crippen MR) is 57.1 cm³/mol. The summed E-state index contributed by atoms with van der Waals surface area (Å²) in [5, 5.41) is 20.1. The summed E-state index contributed by atoms with van der Waals surface area (Å²) in [6.45, 7) is 0.